The van der Waals surface area contributed by atoms with E-state index < -0.39 is 0 Å². The molecular formula is C9H14N2OS. The molecule has 1 unspecified atom stereocenters. The number of nitrogens with zero attached hydrogens (tertiary/aromatic N) is 2. The molecule has 3 nitrogen and oxygen atoms in total. The zero-order chi connectivity index (χ0) is 9.10. The van der Waals surface area contributed by atoms with Gasteiger partial charge >= 0.3 is 0 Å². The fourth-order valence-electron chi connectivity index (χ4n) is 1.64. The first kappa shape index (κ1) is 8.97. The molecule has 0 saturated carbocycles. The third-order valence-corrected chi connectivity index (χ3v) is 3.16. The molecule has 1 aromatic rings. The highest BCUT2D eigenvalue weighted by molar-refractivity contribution is 7.11. The van der Waals surface area contributed by atoms with Gasteiger partial charge in [-0.1, -0.05) is 11.3 Å². The molecule has 72 valence electrons. The number of aromatic nitrogens is 1. The van der Waals surface area contributed by atoms with Gasteiger partial charge in [0.05, 0.1) is 0 Å². The van der Waals surface area contributed by atoms with Crippen LogP contribution in [0.4, 0.5) is 0 Å². The summed E-state index contributed by atoms with van der Waals surface area (Å²) in [7, 11) is 2.16. The first-order valence-corrected chi connectivity index (χ1v) is 5.47. The molecule has 0 radical (unpaired) electrons. The lowest BCUT2D eigenvalue weighted by Gasteiger charge is -2.18. The predicted octanol–water partition coefficient (Wildman–Crippen LogP) is 1.62. The normalized spacial score (nSPS) is 23.6. The van der Waals surface area contributed by atoms with Gasteiger partial charge in [-0.3, -0.25) is 0 Å². The van der Waals surface area contributed by atoms with E-state index in [0.29, 0.717) is 6.04 Å². The number of thiazole rings is 1. The zero-order valence-electron chi connectivity index (χ0n) is 7.77. The summed E-state index contributed by atoms with van der Waals surface area (Å²) in [5.74, 6) is 0. The van der Waals surface area contributed by atoms with Gasteiger partial charge in [-0.2, -0.15) is 0 Å². The molecule has 13 heavy (non-hydrogen) atoms. The number of hydrogen-bond acceptors (Lipinski definition) is 4. The van der Waals surface area contributed by atoms with Gasteiger partial charge in [-0.15, -0.1) is 0 Å². The summed E-state index contributed by atoms with van der Waals surface area (Å²) in [6.07, 6.45) is 4.32. The number of rotatable bonds is 3. The van der Waals surface area contributed by atoms with Gasteiger partial charge in [-0.05, 0) is 26.4 Å². The fraction of sp³-hybridized carbons (Fsp3) is 0.667. The van der Waals surface area contributed by atoms with Crippen LogP contribution in [0.5, 0.6) is 5.19 Å². The van der Waals surface area contributed by atoms with Crippen molar-refractivity contribution in [2.75, 3.05) is 20.2 Å². The van der Waals surface area contributed by atoms with Crippen LogP contribution in [0.2, 0.25) is 0 Å². The molecule has 2 rings (SSSR count). The first-order valence-electron chi connectivity index (χ1n) is 4.59. The average Bonchev–Trinajstić information content (AvgIpc) is 2.72. The molecule has 0 N–H and O–H groups in total. The second-order valence-corrected chi connectivity index (χ2v) is 4.24. The minimum absolute atomic E-state index is 0.587. The maximum Gasteiger partial charge on any atom is 0.273 e. The Bertz CT molecular complexity index is 250. The van der Waals surface area contributed by atoms with Crippen LogP contribution in [0, 0.1) is 0 Å². The van der Waals surface area contributed by atoms with E-state index in [2.05, 4.69) is 16.9 Å². The standard InChI is InChI=1S/C9H14N2OS/c1-11-5-2-3-8(11)7-12-9-10-4-6-13-9/h4,6,8H,2-3,5,7H2,1H3. The number of likely N-dealkylation sites (N-methyl/N-ethyl adjacent to an activating group) is 1. The smallest absolute Gasteiger partial charge is 0.273 e. The van der Waals surface area contributed by atoms with Crippen molar-refractivity contribution < 1.29 is 4.74 Å². The highest BCUT2D eigenvalue weighted by Gasteiger charge is 2.21. The highest BCUT2D eigenvalue weighted by Crippen LogP contribution is 2.18. The van der Waals surface area contributed by atoms with Gasteiger partial charge < -0.3 is 9.64 Å². The molecule has 1 saturated heterocycles. The second kappa shape index (κ2) is 4.07. The molecule has 2 heterocycles. The Morgan fingerprint density at radius 3 is 3.31 bits per heavy atom. The molecule has 0 amide bonds. The summed E-state index contributed by atoms with van der Waals surface area (Å²) < 4.78 is 5.57. The van der Waals surface area contributed by atoms with Gasteiger partial charge in [0.15, 0.2) is 0 Å². The quantitative estimate of drug-likeness (QED) is 0.738. The largest absolute Gasteiger partial charge is 0.468 e. The molecule has 1 aliphatic heterocycles. The molecule has 0 aliphatic carbocycles. The molecule has 1 atom stereocenters. The Hall–Kier alpha value is -0.610. The van der Waals surface area contributed by atoms with Crippen molar-refractivity contribution in [3.63, 3.8) is 0 Å². The minimum atomic E-state index is 0.587. The Morgan fingerprint density at radius 2 is 2.69 bits per heavy atom. The maximum absolute atomic E-state index is 5.57. The van der Waals surface area contributed by atoms with Gasteiger partial charge in [-0.25, -0.2) is 4.98 Å². The summed E-state index contributed by atoms with van der Waals surface area (Å²) in [5, 5.41) is 2.73. The third kappa shape index (κ3) is 2.19. The predicted molar refractivity (Wildman–Crippen MR) is 53.3 cm³/mol. The molecular weight excluding hydrogens is 184 g/mol. The van der Waals surface area contributed by atoms with Crippen molar-refractivity contribution in [2.24, 2.45) is 0 Å². The van der Waals surface area contributed by atoms with Crippen LogP contribution < -0.4 is 4.74 Å². The van der Waals surface area contributed by atoms with Gasteiger partial charge in [0.2, 0.25) is 0 Å². The lowest BCUT2D eigenvalue weighted by atomic mass is 10.2. The van der Waals surface area contributed by atoms with Crippen LogP contribution in [0.3, 0.4) is 0 Å². The number of hydrogen-bond donors (Lipinski definition) is 0. The first-order chi connectivity index (χ1) is 6.36. The van der Waals surface area contributed by atoms with E-state index in [1.165, 1.54) is 19.4 Å². The zero-order valence-corrected chi connectivity index (χ0v) is 8.59. The molecule has 0 spiro atoms. The van der Waals surface area contributed by atoms with Crippen molar-refractivity contribution in [3.05, 3.63) is 11.6 Å². The van der Waals surface area contributed by atoms with Crippen LogP contribution in [-0.2, 0) is 0 Å². The van der Waals surface area contributed by atoms with Crippen molar-refractivity contribution in [2.45, 2.75) is 18.9 Å². The summed E-state index contributed by atoms with van der Waals surface area (Å²) in [6, 6.07) is 0.587. The Kier molecular flexibility index (Phi) is 2.80. The van der Waals surface area contributed by atoms with Crippen LogP contribution in [0.1, 0.15) is 12.8 Å². The third-order valence-electron chi connectivity index (χ3n) is 2.48. The molecule has 1 aromatic heterocycles. The Morgan fingerprint density at radius 1 is 1.77 bits per heavy atom. The molecule has 1 fully saturated rings. The van der Waals surface area contributed by atoms with E-state index in [1.807, 2.05) is 5.38 Å². The summed E-state index contributed by atoms with van der Waals surface area (Å²) in [4.78, 5) is 6.43. The lowest BCUT2D eigenvalue weighted by Crippen LogP contribution is -2.30. The highest BCUT2D eigenvalue weighted by atomic mass is 32.1. The van der Waals surface area contributed by atoms with Gasteiger partial charge in [0.25, 0.3) is 5.19 Å². The van der Waals surface area contributed by atoms with E-state index in [-0.39, 0.29) is 0 Å². The van der Waals surface area contributed by atoms with Crippen molar-refractivity contribution in [1.82, 2.24) is 9.88 Å². The van der Waals surface area contributed by atoms with E-state index in [1.54, 1.807) is 17.5 Å². The fourth-order valence-corrected chi connectivity index (χ4v) is 2.13. The van der Waals surface area contributed by atoms with Crippen molar-refractivity contribution in [1.29, 1.82) is 0 Å². The van der Waals surface area contributed by atoms with Crippen LogP contribution in [0.25, 0.3) is 0 Å². The minimum Gasteiger partial charge on any atom is -0.468 e. The van der Waals surface area contributed by atoms with Gasteiger partial charge in [0, 0.05) is 17.6 Å². The average molecular weight is 198 g/mol. The molecule has 4 heteroatoms. The number of likely N-dealkylation sites (tertiary alicyclic amines) is 1. The Balaban J connectivity index is 1.79. The van der Waals surface area contributed by atoms with Crippen molar-refractivity contribution >= 4 is 11.3 Å². The summed E-state index contributed by atoms with van der Waals surface area (Å²) >= 11 is 1.56. The van der Waals surface area contributed by atoms with E-state index in [9.17, 15) is 0 Å². The molecule has 1 aliphatic rings. The summed E-state index contributed by atoms with van der Waals surface area (Å²) in [5.41, 5.74) is 0. The van der Waals surface area contributed by atoms with Crippen LogP contribution >= 0.6 is 11.3 Å². The second-order valence-electron chi connectivity index (χ2n) is 3.39. The molecule has 0 bridgehead atoms. The monoisotopic (exact) mass is 198 g/mol. The maximum atomic E-state index is 5.57. The van der Waals surface area contributed by atoms with E-state index in [0.717, 1.165) is 11.8 Å². The SMILES string of the molecule is CN1CCCC1COc1nccs1. The van der Waals surface area contributed by atoms with Crippen molar-refractivity contribution in [3.8, 4) is 5.19 Å². The topological polar surface area (TPSA) is 25.4 Å². The van der Waals surface area contributed by atoms with Crippen LogP contribution in [0.15, 0.2) is 11.6 Å². The van der Waals surface area contributed by atoms with E-state index in [4.69, 9.17) is 4.74 Å². The van der Waals surface area contributed by atoms with Crippen LogP contribution in [-0.4, -0.2) is 36.1 Å². The summed E-state index contributed by atoms with van der Waals surface area (Å²) in [6.45, 7) is 1.98. The van der Waals surface area contributed by atoms with Gasteiger partial charge in [0.1, 0.15) is 6.61 Å². The molecule has 0 aromatic carbocycles. The van der Waals surface area contributed by atoms with E-state index >= 15 is 0 Å². The lowest BCUT2D eigenvalue weighted by molar-refractivity contribution is 0.198. The Labute approximate surface area is 82.3 Å². The number of ether oxygens (including phenoxy) is 1.